The molecule has 8 heteroatoms. The second-order valence-corrected chi connectivity index (χ2v) is 7.38. The minimum Gasteiger partial charge on any atom is -0.306 e. The first kappa shape index (κ1) is 17.7. The largest absolute Gasteiger partial charge is 0.306 e. The quantitative estimate of drug-likeness (QED) is 0.827. The number of carbonyl (C=O) groups is 2. The van der Waals surface area contributed by atoms with E-state index in [-0.39, 0.29) is 23.7 Å². The summed E-state index contributed by atoms with van der Waals surface area (Å²) in [6, 6.07) is 9.15. The molecule has 1 aliphatic heterocycles. The maximum atomic E-state index is 12.8. The van der Waals surface area contributed by atoms with Gasteiger partial charge in [0.15, 0.2) is 0 Å². The zero-order valence-corrected chi connectivity index (χ0v) is 15.9. The Morgan fingerprint density at radius 1 is 1.30 bits per heavy atom. The van der Waals surface area contributed by atoms with Crippen LogP contribution in [-0.2, 0) is 4.79 Å². The summed E-state index contributed by atoms with van der Waals surface area (Å²) in [7, 11) is 0. The van der Waals surface area contributed by atoms with Gasteiger partial charge in [0, 0.05) is 16.7 Å². The molecule has 1 unspecified atom stereocenters. The first-order chi connectivity index (χ1) is 13.1. The molecule has 2 amide bonds. The first-order valence-electron chi connectivity index (χ1n) is 8.78. The van der Waals surface area contributed by atoms with Crippen LogP contribution in [0.5, 0.6) is 0 Å². The summed E-state index contributed by atoms with van der Waals surface area (Å²) in [5, 5.41) is 7.26. The second kappa shape index (κ2) is 7.11. The first-order valence-corrected chi connectivity index (χ1v) is 10.0. The molecule has 2 heterocycles. The number of nitrogens with zero attached hydrogens (tertiary/aromatic N) is 4. The molecule has 1 saturated carbocycles. The highest BCUT2D eigenvalue weighted by molar-refractivity contribution is 7.98. The van der Waals surface area contributed by atoms with Crippen LogP contribution in [0.15, 0.2) is 45.2 Å². The number of nitrogens with one attached hydrogen (secondary N) is 1. The molecule has 7 nitrogen and oxygen atoms in total. The number of aromatic nitrogens is 2. The molecule has 1 aliphatic carbocycles. The average molecular weight is 381 g/mol. The topological polar surface area (TPSA) is 88.7 Å². The van der Waals surface area contributed by atoms with Crippen molar-refractivity contribution in [2.45, 2.75) is 31.1 Å². The van der Waals surface area contributed by atoms with E-state index in [1.807, 2.05) is 31.4 Å². The normalized spacial score (nSPS) is 18.7. The van der Waals surface area contributed by atoms with Gasteiger partial charge < -0.3 is 5.32 Å². The molecule has 0 spiro atoms. The van der Waals surface area contributed by atoms with Crippen LogP contribution in [-0.4, -0.2) is 39.5 Å². The Labute approximate surface area is 161 Å². The molecule has 27 heavy (non-hydrogen) atoms. The van der Waals surface area contributed by atoms with Crippen LogP contribution >= 0.6 is 11.8 Å². The number of aliphatic imine (C=N–C) groups is 2. The van der Waals surface area contributed by atoms with Crippen LogP contribution < -0.4 is 5.32 Å². The SMILES string of the molecule is CSc1ccccc1C(=O)Nc1cc(C)nn1C1=NC(=O)C2CCCC2=N1. The van der Waals surface area contributed by atoms with Crippen LogP contribution in [0.25, 0.3) is 0 Å². The molecule has 1 N–H and O–H groups in total. The van der Waals surface area contributed by atoms with Crippen molar-refractivity contribution in [2.75, 3.05) is 11.6 Å². The fourth-order valence-electron chi connectivity index (χ4n) is 3.41. The smallest absolute Gasteiger partial charge is 0.257 e. The fraction of sp³-hybridized carbons (Fsp3) is 0.316. The summed E-state index contributed by atoms with van der Waals surface area (Å²) in [6.45, 7) is 1.82. The van der Waals surface area contributed by atoms with Crippen molar-refractivity contribution in [1.82, 2.24) is 9.78 Å². The van der Waals surface area contributed by atoms with E-state index in [9.17, 15) is 9.59 Å². The van der Waals surface area contributed by atoms with Crippen molar-refractivity contribution in [3.05, 3.63) is 41.6 Å². The number of aryl methyl sites for hydroxylation is 1. The summed E-state index contributed by atoms with van der Waals surface area (Å²) in [5.41, 5.74) is 2.15. The summed E-state index contributed by atoms with van der Waals surface area (Å²) < 4.78 is 1.44. The maximum absolute atomic E-state index is 12.8. The number of fused-ring (bicyclic) bond motifs is 1. The molecule has 138 valence electrons. The lowest BCUT2D eigenvalue weighted by Crippen LogP contribution is -2.29. The Morgan fingerprint density at radius 2 is 2.11 bits per heavy atom. The Kier molecular flexibility index (Phi) is 4.65. The van der Waals surface area contributed by atoms with E-state index in [0.717, 1.165) is 29.9 Å². The molecular weight excluding hydrogens is 362 g/mol. The van der Waals surface area contributed by atoms with Crippen molar-refractivity contribution in [3.63, 3.8) is 0 Å². The van der Waals surface area contributed by atoms with Gasteiger partial charge in [0.05, 0.1) is 17.2 Å². The molecule has 1 aromatic carbocycles. The highest BCUT2D eigenvalue weighted by Gasteiger charge is 2.33. The molecule has 2 aromatic rings. The van der Waals surface area contributed by atoms with Crippen molar-refractivity contribution in [3.8, 4) is 0 Å². The van der Waals surface area contributed by atoms with E-state index in [0.29, 0.717) is 17.1 Å². The summed E-state index contributed by atoms with van der Waals surface area (Å²) in [4.78, 5) is 34.6. The highest BCUT2D eigenvalue weighted by Crippen LogP contribution is 2.28. The molecule has 4 rings (SSSR count). The van der Waals surface area contributed by atoms with Gasteiger partial charge in [0.25, 0.3) is 17.8 Å². The summed E-state index contributed by atoms with van der Waals surface area (Å²) >= 11 is 1.51. The third-order valence-electron chi connectivity index (χ3n) is 4.69. The number of hydrogen-bond donors (Lipinski definition) is 1. The number of amides is 2. The Bertz CT molecular complexity index is 992. The second-order valence-electron chi connectivity index (χ2n) is 6.54. The van der Waals surface area contributed by atoms with E-state index in [2.05, 4.69) is 20.4 Å². The van der Waals surface area contributed by atoms with Gasteiger partial charge in [-0.25, -0.2) is 4.99 Å². The van der Waals surface area contributed by atoms with Crippen molar-refractivity contribution in [2.24, 2.45) is 15.9 Å². The number of anilines is 1. The van der Waals surface area contributed by atoms with Gasteiger partial charge >= 0.3 is 0 Å². The number of thioether (sulfide) groups is 1. The Hall–Kier alpha value is -2.74. The van der Waals surface area contributed by atoms with Gasteiger partial charge in [0.2, 0.25) is 0 Å². The monoisotopic (exact) mass is 381 g/mol. The molecule has 1 aromatic heterocycles. The number of benzene rings is 1. The van der Waals surface area contributed by atoms with Crippen LogP contribution in [0.2, 0.25) is 0 Å². The van der Waals surface area contributed by atoms with Crippen LogP contribution in [0.4, 0.5) is 5.82 Å². The van der Waals surface area contributed by atoms with E-state index in [1.165, 1.54) is 16.4 Å². The standard InChI is InChI=1S/C19H19N5O2S/c1-11-10-16(21-18(26)13-6-3-4-9-15(13)27-2)24(23-11)19-20-14-8-5-7-12(14)17(25)22-19/h3-4,6,9-10,12H,5,7-8H2,1-2H3,(H,21,26). The fourth-order valence-corrected chi connectivity index (χ4v) is 4.00. The third kappa shape index (κ3) is 3.32. The minimum atomic E-state index is -0.241. The summed E-state index contributed by atoms with van der Waals surface area (Å²) in [6.07, 6.45) is 4.49. The maximum Gasteiger partial charge on any atom is 0.257 e. The molecule has 0 bridgehead atoms. The lowest BCUT2D eigenvalue weighted by Gasteiger charge is -2.15. The van der Waals surface area contributed by atoms with Crippen LogP contribution in [0.1, 0.15) is 35.3 Å². The summed E-state index contributed by atoms with van der Waals surface area (Å²) in [5.74, 6) is 0.0632. The van der Waals surface area contributed by atoms with Gasteiger partial charge in [-0.05, 0) is 44.6 Å². The van der Waals surface area contributed by atoms with E-state index in [4.69, 9.17) is 0 Å². The van der Waals surface area contributed by atoms with Crippen molar-refractivity contribution >= 4 is 41.1 Å². The predicted octanol–water partition coefficient (Wildman–Crippen LogP) is 3.15. The van der Waals surface area contributed by atoms with Crippen molar-refractivity contribution < 1.29 is 9.59 Å². The number of hydrogen-bond acceptors (Lipinski definition) is 5. The molecule has 1 atom stereocenters. The van der Waals surface area contributed by atoms with Gasteiger partial charge in [0.1, 0.15) is 5.82 Å². The van der Waals surface area contributed by atoms with E-state index in [1.54, 1.807) is 12.1 Å². The molecular formula is C19H19N5O2S. The zero-order valence-electron chi connectivity index (χ0n) is 15.1. The molecule has 0 radical (unpaired) electrons. The van der Waals surface area contributed by atoms with Crippen LogP contribution in [0.3, 0.4) is 0 Å². The van der Waals surface area contributed by atoms with E-state index < -0.39 is 0 Å². The zero-order chi connectivity index (χ0) is 19.0. The van der Waals surface area contributed by atoms with Gasteiger partial charge in [-0.15, -0.1) is 11.8 Å². The Morgan fingerprint density at radius 3 is 2.93 bits per heavy atom. The van der Waals surface area contributed by atoms with Gasteiger partial charge in [-0.2, -0.15) is 14.8 Å². The number of rotatable bonds is 3. The molecule has 1 fully saturated rings. The van der Waals surface area contributed by atoms with Gasteiger partial charge in [-0.3, -0.25) is 9.59 Å². The lowest BCUT2D eigenvalue weighted by atomic mass is 10.1. The highest BCUT2D eigenvalue weighted by atomic mass is 32.2. The van der Waals surface area contributed by atoms with E-state index >= 15 is 0 Å². The van der Waals surface area contributed by atoms with Crippen LogP contribution in [0, 0.1) is 12.8 Å². The number of carbonyl (C=O) groups excluding carboxylic acids is 2. The van der Waals surface area contributed by atoms with Crippen molar-refractivity contribution in [1.29, 1.82) is 0 Å². The molecule has 2 aliphatic rings. The average Bonchev–Trinajstić information content (AvgIpc) is 3.28. The lowest BCUT2D eigenvalue weighted by molar-refractivity contribution is -0.119. The van der Waals surface area contributed by atoms with Gasteiger partial charge in [-0.1, -0.05) is 12.1 Å². The predicted molar refractivity (Wildman–Crippen MR) is 106 cm³/mol. The Balaban J connectivity index is 1.66. The molecule has 0 saturated heterocycles. The third-order valence-corrected chi connectivity index (χ3v) is 5.49. The minimum absolute atomic E-state index is 0.175.